The van der Waals surface area contributed by atoms with E-state index in [2.05, 4.69) is 26.7 Å². The van der Waals surface area contributed by atoms with E-state index < -0.39 is 5.41 Å². The fourth-order valence-corrected chi connectivity index (χ4v) is 4.01. The standard InChI is InChI=1S/C24H21N5O2/c25-14-24(10-11-24)23(31)29-19-13-15(9-12-26-19)21-22(27-16-5-2-1-3-6-16)20-17(28-21)7-4-8-18(20)30/h1-3,5-6,9,12-13,27-28H,4,7-8,10-11H2,(H,26,29,31). The van der Waals surface area contributed by atoms with Gasteiger partial charge in [-0.1, -0.05) is 18.2 Å². The molecule has 0 bridgehead atoms. The number of rotatable bonds is 5. The summed E-state index contributed by atoms with van der Waals surface area (Å²) in [7, 11) is 0. The van der Waals surface area contributed by atoms with Gasteiger partial charge in [0.1, 0.15) is 11.2 Å². The normalized spacial score (nSPS) is 16.2. The molecule has 2 aliphatic carbocycles. The minimum Gasteiger partial charge on any atom is -0.356 e. The second-order valence-corrected chi connectivity index (χ2v) is 8.07. The molecule has 1 saturated carbocycles. The molecule has 1 amide bonds. The largest absolute Gasteiger partial charge is 0.356 e. The van der Waals surface area contributed by atoms with Crippen LogP contribution in [0.5, 0.6) is 0 Å². The summed E-state index contributed by atoms with van der Waals surface area (Å²) in [5.41, 5.74) is 3.91. The Labute approximate surface area is 179 Å². The number of aryl methyl sites for hydroxylation is 1. The van der Waals surface area contributed by atoms with Crippen LogP contribution in [0.25, 0.3) is 11.3 Å². The van der Waals surface area contributed by atoms with Gasteiger partial charge in [-0.2, -0.15) is 5.26 Å². The second kappa shape index (κ2) is 7.40. The monoisotopic (exact) mass is 411 g/mol. The van der Waals surface area contributed by atoms with Crippen LogP contribution in [0.1, 0.15) is 41.7 Å². The highest BCUT2D eigenvalue weighted by atomic mass is 16.2. The lowest BCUT2D eigenvalue weighted by molar-refractivity contribution is -0.119. The maximum atomic E-state index is 12.7. The Morgan fingerprint density at radius 1 is 1.16 bits per heavy atom. The molecule has 7 heteroatoms. The molecule has 31 heavy (non-hydrogen) atoms. The van der Waals surface area contributed by atoms with Crippen LogP contribution in [0.3, 0.4) is 0 Å². The molecule has 3 aromatic rings. The van der Waals surface area contributed by atoms with Crippen molar-refractivity contribution in [2.24, 2.45) is 5.41 Å². The molecule has 3 N–H and O–H groups in total. The zero-order chi connectivity index (χ0) is 21.4. The van der Waals surface area contributed by atoms with Gasteiger partial charge in [-0.25, -0.2) is 4.98 Å². The van der Waals surface area contributed by atoms with E-state index in [9.17, 15) is 14.9 Å². The number of pyridine rings is 1. The third-order valence-electron chi connectivity index (χ3n) is 5.92. The summed E-state index contributed by atoms with van der Waals surface area (Å²) >= 11 is 0. The fourth-order valence-electron chi connectivity index (χ4n) is 4.01. The zero-order valence-electron chi connectivity index (χ0n) is 16.9. The summed E-state index contributed by atoms with van der Waals surface area (Å²) in [6.45, 7) is 0. The Morgan fingerprint density at radius 3 is 2.71 bits per heavy atom. The number of carbonyl (C=O) groups excluding carboxylic acids is 2. The molecule has 5 rings (SSSR count). The zero-order valence-corrected chi connectivity index (χ0v) is 16.9. The Balaban J connectivity index is 1.53. The van der Waals surface area contributed by atoms with Gasteiger partial charge in [0.15, 0.2) is 5.78 Å². The minimum absolute atomic E-state index is 0.120. The quantitative estimate of drug-likeness (QED) is 0.569. The van der Waals surface area contributed by atoms with Crippen molar-refractivity contribution in [1.82, 2.24) is 9.97 Å². The number of nitriles is 1. The van der Waals surface area contributed by atoms with Gasteiger partial charge < -0.3 is 15.6 Å². The molecular weight excluding hydrogens is 390 g/mol. The van der Waals surface area contributed by atoms with Crippen molar-refractivity contribution >= 4 is 28.9 Å². The summed E-state index contributed by atoms with van der Waals surface area (Å²) in [5, 5.41) is 15.4. The number of para-hydroxylation sites is 1. The first kappa shape index (κ1) is 19.1. The predicted molar refractivity (Wildman–Crippen MR) is 117 cm³/mol. The van der Waals surface area contributed by atoms with Crippen LogP contribution in [0.15, 0.2) is 48.7 Å². The Morgan fingerprint density at radius 2 is 1.97 bits per heavy atom. The van der Waals surface area contributed by atoms with E-state index in [1.807, 2.05) is 36.4 Å². The molecule has 0 unspecified atom stereocenters. The molecule has 0 saturated heterocycles. The van der Waals surface area contributed by atoms with Gasteiger partial charge in [0, 0.05) is 29.6 Å². The maximum Gasteiger partial charge on any atom is 0.246 e. The summed E-state index contributed by atoms with van der Waals surface area (Å²) < 4.78 is 0. The minimum atomic E-state index is -0.921. The number of nitrogens with one attached hydrogen (secondary N) is 3. The summed E-state index contributed by atoms with van der Waals surface area (Å²) in [6, 6.07) is 15.4. The predicted octanol–water partition coefficient (Wildman–Crippen LogP) is 4.58. The van der Waals surface area contributed by atoms with Crippen LogP contribution < -0.4 is 10.6 Å². The topological polar surface area (TPSA) is 111 Å². The number of amides is 1. The first-order valence-electron chi connectivity index (χ1n) is 10.4. The maximum absolute atomic E-state index is 12.7. The first-order chi connectivity index (χ1) is 15.1. The molecule has 0 atom stereocenters. The molecule has 1 aromatic carbocycles. The molecule has 2 aliphatic rings. The van der Waals surface area contributed by atoms with Crippen molar-refractivity contribution in [3.8, 4) is 17.3 Å². The van der Waals surface area contributed by atoms with Crippen molar-refractivity contribution in [3.05, 3.63) is 59.9 Å². The van der Waals surface area contributed by atoms with Crippen molar-refractivity contribution < 1.29 is 9.59 Å². The molecule has 0 spiro atoms. The van der Waals surface area contributed by atoms with E-state index in [0.29, 0.717) is 30.6 Å². The molecule has 0 aliphatic heterocycles. The molecule has 2 aromatic heterocycles. The van der Waals surface area contributed by atoms with Gasteiger partial charge in [0.25, 0.3) is 0 Å². The van der Waals surface area contributed by atoms with Crippen LogP contribution in [0.2, 0.25) is 0 Å². The van der Waals surface area contributed by atoms with Crippen molar-refractivity contribution in [2.45, 2.75) is 32.1 Å². The average Bonchev–Trinajstić information content (AvgIpc) is 3.51. The van der Waals surface area contributed by atoms with Gasteiger partial charge in [-0.3, -0.25) is 9.59 Å². The fraction of sp³-hybridized carbons (Fsp3) is 0.250. The van der Waals surface area contributed by atoms with Crippen molar-refractivity contribution in [2.75, 3.05) is 10.6 Å². The summed E-state index contributed by atoms with van der Waals surface area (Å²) in [4.78, 5) is 32.9. The van der Waals surface area contributed by atoms with E-state index in [4.69, 9.17) is 0 Å². The van der Waals surface area contributed by atoms with Crippen LogP contribution in [0.4, 0.5) is 17.2 Å². The number of benzene rings is 1. The number of nitrogens with zero attached hydrogens (tertiary/aromatic N) is 2. The lowest BCUT2D eigenvalue weighted by Gasteiger charge is -2.14. The highest BCUT2D eigenvalue weighted by Crippen LogP contribution is 2.46. The second-order valence-electron chi connectivity index (χ2n) is 8.07. The van der Waals surface area contributed by atoms with Crippen LogP contribution in [0, 0.1) is 16.7 Å². The number of hydrogen-bond acceptors (Lipinski definition) is 5. The highest BCUT2D eigenvalue weighted by molar-refractivity contribution is 6.07. The SMILES string of the molecule is N#CC1(C(=O)Nc2cc(-c3[nH]c4c(c3Nc3ccccc3)C(=O)CCC4)ccn2)CC1. The molecular formula is C24H21N5O2. The lowest BCUT2D eigenvalue weighted by atomic mass is 9.95. The molecule has 1 fully saturated rings. The first-order valence-corrected chi connectivity index (χ1v) is 10.4. The highest BCUT2D eigenvalue weighted by Gasteiger charge is 2.50. The number of aromatic nitrogens is 2. The van der Waals surface area contributed by atoms with Gasteiger partial charge >= 0.3 is 0 Å². The van der Waals surface area contributed by atoms with E-state index in [1.54, 1.807) is 12.3 Å². The van der Waals surface area contributed by atoms with E-state index >= 15 is 0 Å². The molecule has 2 heterocycles. The number of anilines is 3. The number of hydrogen-bond donors (Lipinski definition) is 3. The molecule has 0 radical (unpaired) electrons. The molecule has 7 nitrogen and oxygen atoms in total. The van der Waals surface area contributed by atoms with Crippen LogP contribution in [-0.2, 0) is 11.2 Å². The lowest BCUT2D eigenvalue weighted by Crippen LogP contribution is -2.23. The van der Waals surface area contributed by atoms with E-state index in [0.717, 1.165) is 41.2 Å². The van der Waals surface area contributed by atoms with Crippen molar-refractivity contribution in [1.29, 1.82) is 5.26 Å². The Bertz CT molecular complexity index is 1220. The summed E-state index contributed by atoms with van der Waals surface area (Å²) in [6.07, 6.45) is 4.93. The third kappa shape index (κ3) is 3.46. The van der Waals surface area contributed by atoms with Crippen LogP contribution >= 0.6 is 0 Å². The number of ketones is 1. The van der Waals surface area contributed by atoms with Gasteiger partial charge in [-0.05, 0) is 49.9 Å². The van der Waals surface area contributed by atoms with Gasteiger partial charge in [0.2, 0.25) is 5.91 Å². The Kier molecular flexibility index (Phi) is 4.55. The third-order valence-corrected chi connectivity index (χ3v) is 5.92. The van der Waals surface area contributed by atoms with E-state index in [-0.39, 0.29) is 11.7 Å². The summed E-state index contributed by atoms with van der Waals surface area (Å²) in [5.74, 6) is 0.186. The van der Waals surface area contributed by atoms with Crippen LogP contribution in [-0.4, -0.2) is 21.7 Å². The van der Waals surface area contributed by atoms with Crippen molar-refractivity contribution in [3.63, 3.8) is 0 Å². The smallest absolute Gasteiger partial charge is 0.246 e. The number of fused-ring (bicyclic) bond motifs is 1. The average molecular weight is 411 g/mol. The van der Waals surface area contributed by atoms with Gasteiger partial charge in [-0.15, -0.1) is 0 Å². The number of Topliss-reactive ketones (excluding diaryl/α,β-unsaturated/α-hetero) is 1. The number of carbonyl (C=O) groups is 2. The number of H-pyrrole nitrogens is 1. The molecule has 154 valence electrons. The van der Waals surface area contributed by atoms with E-state index in [1.165, 1.54) is 0 Å². The Hall–Kier alpha value is -3.92. The van der Waals surface area contributed by atoms with Gasteiger partial charge in [0.05, 0.1) is 23.0 Å². The number of aromatic amines is 1.